The molecule has 4 rings (SSSR count). The molecule has 2 aromatic carbocycles. The number of hydrogen-bond acceptors (Lipinski definition) is 4. The van der Waals surface area contributed by atoms with E-state index in [-0.39, 0.29) is 11.9 Å². The Kier molecular flexibility index (Phi) is 5.63. The number of alkyl halides is 3. The molecule has 160 valence electrons. The van der Waals surface area contributed by atoms with Crippen molar-refractivity contribution in [2.75, 3.05) is 24.5 Å². The van der Waals surface area contributed by atoms with E-state index in [9.17, 15) is 18.0 Å². The molecule has 1 aliphatic rings. The van der Waals surface area contributed by atoms with Gasteiger partial charge in [0.05, 0.1) is 5.56 Å². The molecule has 0 aliphatic carbocycles. The maximum absolute atomic E-state index is 13.0. The van der Waals surface area contributed by atoms with Gasteiger partial charge >= 0.3 is 6.18 Å². The minimum Gasteiger partial charge on any atom is -0.337 e. The summed E-state index contributed by atoms with van der Waals surface area (Å²) in [4.78, 5) is 25.4. The number of rotatable bonds is 3. The second-order valence-electron chi connectivity index (χ2n) is 7.49. The van der Waals surface area contributed by atoms with Crippen molar-refractivity contribution in [1.82, 2.24) is 14.9 Å². The van der Waals surface area contributed by atoms with Crippen molar-refractivity contribution in [2.24, 2.45) is 0 Å². The van der Waals surface area contributed by atoms with E-state index in [0.717, 1.165) is 17.7 Å². The molecular formula is C23H21F3N4O. The third-order valence-corrected chi connectivity index (χ3v) is 5.40. The molecule has 8 heteroatoms. The third-order valence-electron chi connectivity index (χ3n) is 5.40. The lowest BCUT2D eigenvalue weighted by atomic mass is 10.0. The number of hydrogen-bond donors (Lipinski definition) is 0. The van der Waals surface area contributed by atoms with Crippen LogP contribution in [0.25, 0.3) is 11.1 Å². The fraction of sp³-hybridized carbons (Fsp3) is 0.261. The van der Waals surface area contributed by atoms with Crippen LogP contribution >= 0.6 is 0 Å². The van der Waals surface area contributed by atoms with Gasteiger partial charge < -0.3 is 9.80 Å². The molecule has 0 spiro atoms. The number of benzene rings is 2. The van der Waals surface area contributed by atoms with Gasteiger partial charge in [0.1, 0.15) is 0 Å². The number of nitrogens with zero attached hydrogens (tertiary/aromatic N) is 4. The number of carbonyl (C=O) groups excluding carboxylic acids is 1. The second-order valence-corrected chi connectivity index (χ2v) is 7.49. The Morgan fingerprint density at radius 1 is 0.935 bits per heavy atom. The van der Waals surface area contributed by atoms with E-state index in [1.165, 1.54) is 12.1 Å². The summed E-state index contributed by atoms with van der Waals surface area (Å²) >= 11 is 0. The van der Waals surface area contributed by atoms with Crippen LogP contribution in [0.5, 0.6) is 0 Å². The van der Waals surface area contributed by atoms with Crippen molar-refractivity contribution < 1.29 is 18.0 Å². The topological polar surface area (TPSA) is 49.3 Å². The monoisotopic (exact) mass is 426 g/mol. The first-order valence-corrected chi connectivity index (χ1v) is 9.93. The molecule has 1 saturated heterocycles. The van der Waals surface area contributed by atoms with Crippen molar-refractivity contribution in [1.29, 1.82) is 0 Å². The highest BCUT2D eigenvalue weighted by molar-refractivity contribution is 5.95. The highest BCUT2D eigenvalue weighted by atomic mass is 19.4. The van der Waals surface area contributed by atoms with Crippen LogP contribution in [0.4, 0.5) is 19.1 Å². The second kappa shape index (κ2) is 8.37. The van der Waals surface area contributed by atoms with Crippen LogP contribution in [0.15, 0.2) is 67.0 Å². The third kappa shape index (κ3) is 4.52. The van der Waals surface area contributed by atoms with Gasteiger partial charge in [0.15, 0.2) is 0 Å². The Morgan fingerprint density at radius 3 is 2.06 bits per heavy atom. The fourth-order valence-electron chi connectivity index (χ4n) is 3.72. The van der Waals surface area contributed by atoms with Gasteiger partial charge in [-0.15, -0.1) is 0 Å². The van der Waals surface area contributed by atoms with Crippen molar-refractivity contribution in [2.45, 2.75) is 19.1 Å². The SMILES string of the molecule is C[C@@H]1CN(c2ncccn2)CCN1C(=O)c1ccc(-c2ccc(C(F)(F)F)cc2)cc1. The Balaban J connectivity index is 1.44. The molecule has 0 bridgehead atoms. The van der Waals surface area contributed by atoms with Gasteiger partial charge in [0.25, 0.3) is 5.91 Å². The Morgan fingerprint density at radius 2 is 1.52 bits per heavy atom. The van der Waals surface area contributed by atoms with Crippen molar-refractivity contribution in [3.8, 4) is 11.1 Å². The smallest absolute Gasteiger partial charge is 0.337 e. The van der Waals surface area contributed by atoms with Gasteiger partial charge in [-0.05, 0) is 48.4 Å². The van der Waals surface area contributed by atoms with Crippen LogP contribution in [0, 0.1) is 0 Å². The number of halogens is 3. The van der Waals surface area contributed by atoms with Crippen LogP contribution in [0.3, 0.4) is 0 Å². The molecule has 0 saturated carbocycles. The number of anilines is 1. The summed E-state index contributed by atoms with van der Waals surface area (Å²) in [7, 11) is 0. The van der Waals surface area contributed by atoms with E-state index in [1.807, 2.05) is 11.8 Å². The zero-order valence-corrected chi connectivity index (χ0v) is 16.9. The minimum atomic E-state index is -4.36. The first kappa shape index (κ1) is 20.8. The van der Waals surface area contributed by atoms with Crippen LogP contribution in [0.1, 0.15) is 22.8 Å². The van der Waals surface area contributed by atoms with E-state index in [1.54, 1.807) is 42.7 Å². The summed E-state index contributed by atoms with van der Waals surface area (Å²) < 4.78 is 38.2. The molecule has 1 aliphatic heterocycles. The first-order valence-electron chi connectivity index (χ1n) is 9.93. The molecule has 5 nitrogen and oxygen atoms in total. The van der Waals surface area contributed by atoms with E-state index in [2.05, 4.69) is 14.9 Å². The van der Waals surface area contributed by atoms with Crippen molar-refractivity contribution in [3.63, 3.8) is 0 Å². The summed E-state index contributed by atoms with van der Waals surface area (Å²) in [6.07, 6.45) is -0.965. The molecule has 0 radical (unpaired) electrons. The summed E-state index contributed by atoms with van der Waals surface area (Å²) in [5.74, 6) is 0.586. The lowest BCUT2D eigenvalue weighted by Gasteiger charge is -2.39. The molecule has 31 heavy (non-hydrogen) atoms. The average molecular weight is 426 g/mol. The highest BCUT2D eigenvalue weighted by Gasteiger charge is 2.30. The van der Waals surface area contributed by atoms with E-state index in [4.69, 9.17) is 0 Å². The normalized spacial score (nSPS) is 17.0. The lowest BCUT2D eigenvalue weighted by Crippen LogP contribution is -2.54. The Hall–Kier alpha value is -3.42. The predicted octanol–water partition coefficient (Wildman–Crippen LogP) is 4.51. The van der Waals surface area contributed by atoms with Gasteiger partial charge in [-0.1, -0.05) is 24.3 Å². The highest BCUT2D eigenvalue weighted by Crippen LogP contribution is 2.31. The zero-order chi connectivity index (χ0) is 22.0. The molecule has 0 N–H and O–H groups in total. The molecule has 3 aromatic rings. The Labute approximate surface area is 178 Å². The van der Waals surface area contributed by atoms with Gasteiger partial charge in [-0.25, -0.2) is 9.97 Å². The predicted molar refractivity (Wildman–Crippen MR) is 112 cm³/mol. The number of piperazine rings is 1. The fourth-order valence-corrected chi connectivity index (χ4v) is 3.72. The van der Waals surface area contributed by atoms with Crippen LogP contribution < -0.4 is 4.90 Å². The molecular weight excluding hydrogens is 405 g/mol. The Bertz CT molecular complexity index is 1040. The van der Waals surface area contributed by atoms with E-state index < -0.39 is 11.7 Å². The van der Waals surface area contributed by atoms with E-state index in [0.29, 0.717) is 36.7 Å². The van der Waals surface area contributed by atoms with Crippen LogP contribution in [-0.2, 0) is 6.18 Å². The van der Waals surface area contributed by atoms with E-state index >= 15 is 0 Å². The molecule has 2 heterocycles. The molecule has 1 aromatic heterocycles. The van der Waals surface area contributed by atoms with Gasteiger partial charge in [0, 0.05) is 43.6 Å². The molecule has 1 fully saturated rings. The average Bonchev–Trinajstić information content (AvgIpc) is 2.79. The van der Waals surface area contributed by atoms with Crippen LogP contribution in [-0.4, -0.2) is 46.5 Å². The summed E-state index contributed by atoms with van der Waals surface area (Å²) in [6.45, 7) is 3.83. The molecule has 1 atom stereocenters. The maximum atomic E-state index is 13.0. The molecule has 1 amide bonds. The van der Waals surface area contributed by atoms with Crippen molar-refractivity contribution >= 4 is 11.9 Å². The first-order chi connectivity index (χ1) is 14.8. The largest absolute Gasteiger partial charge is 0.416 e. The summed E-state index contributed by atoms with van der Waals surface area (Å²) in [5, 5.41) is 0. The number of carbonyl (C=O) groups is 1. The van der Waals surface area contributed by atoms with Gasteiger partial charge in [-0.2, -0.15) is 13.2 Å². The van der Waals surface area contributed by atoms with Gasteiger partial charge in [0.2, 0.25) is 5.95 Å². The quantitative estimate of drug-likeness (QED) is 0.618. The summed E-state index contributed by atoms with van der Waals surface area (Å²) in [5.41, 5.74) is 1.28. The number of amides is 1. The van der Waals surface area contributed by atoms with Gasteiger partial charge in [-0.3, -0.25) is 4.79 Å². The number of aromatic nitrogens is 2. The zero-order valence-electron chi connectivity index (χ0n) is 16.9. The lowest BCUT2D eigenvalue weighted by molar-refractivity contribution is -0.137. The standard InChI is InChI=1S/C23H21F3N4O/c1-16-15-29(22-27-11-2-12-28-22)13-14-30(16)21(31)19-5-3-17(4-6-19)18-7-9-20(10-8-18)23(24,25)26/h2-12,16H,13-15H2,1H3/t16-/m1/s1. The van der Waals surface area contributed by atoms with Crippen molar-refractivity contribution in [3.05, 3.63) is 78.1 Å². The molecule has 0 unspecified atom stereocenters. The summed E-state index contributed by atoms with van der Waals surface area (Å²) in [6, 6.07) is 13.7. The minimum absolute atomic E-state index is 0.0142. The maximum Gasteiger partial charge on any atom is 0.416 e. The van der Waals surface area contributed by atoms with Crippen LogP contribution in [0.2, 0.25) is 0 Å².